The highest BCUT2D eigenvalue weighted by atomic mass is 16.6. The summed E-state index contributed by atoms with van der Waals surface area (Å²) in [5, 5.41) is 12.9. The molecule has 4 nitrogen and oxygen atoms in total. The summed E-state index contributed by atoms with van der Waals surface area (Å²) in [5.74, 6) is 0. The van der Waals surface area contributed by atoms with Gasteiger partial charge >= 0.3 is 6.09 Å². The lowest BCUT2D eigenvalue weighted by atomic mass is 9.49. The Balaban J connectivity index is 2.67. The number of carbonyl (C=O) groups is 1. The first-order valence-electron chi connectivity index (χ1n) is 6.06. The van der Waals surface area contributed by atoms with Gasteiger partial charge in [-0.25, -0.2) is 4.79 Å². The Hall–Kier alpha value is -0.770. The molecule has 2 N–H and O–H groups in total. The maximum atomic E-state index is 11.7. The summed E-state index contributed by atoms with van der Waals surface area (Å²) in [6.07, 6.45) is -0.842. The van der Waals surface area contributed by atoms with Crippen molar-refractivity contribution in [1.82, 2.24) is 5.32 Å². The van der Waals surface area contributed by atoms with Crippen LogP contribution < -0.4 is 5.32 Å². The van der Waals surface area contributed by atoms with Gasteiger partial charge < -0.3 is 15.2 Å². The van der Waals surface area contributed by atoms with E-state index in [1.165, 1.54) is 0 Å². The predicted molar refractivity (Wildman–Crippen MR) is 66.7 cm³/mol. The average Bonchev–Trinajstić information content (AvgIpc) is 2.09. The minimum absolute atomic E-state index is 0.0835. The Labute approximate surface area is 104 Å². The summed E-state index contributed by atoms with van der Waals surface area (Å²) in [4.78, 5) is 11.7. The van der Waals surface area contributed by atoms with E-state index in [1.54, 1.807) is 0 Å². The highest BCUT2D eigenvalue weighted by Gasteiger charge is 2.62. The van der Waals surface area contributed by atoms with Crippen LogP contribution in [0.3, 0.4) is 0 Å². The van der Waals surface area contributed by atoms with Gasteiger partial charge in [0.05, 0.1) is 6.10 Å². The summed E-state index contributed by atoms with van der Waals surface area (Å²) < 4.78 is 5.23. The van der Waals surface area contributed by atoms with Crippen molar-refractivity contribution in [2.24, 2.45) is 10.8 Å². The summed E-state index contributed by atoms with van der Waals surface area (Å²) >= 11 is 0. The maximum Gasteiger partial charge on any atom is 0.407 e. The van der Waals surface area contributed by atoms with Crippen molar-refractivity contribution in [3.63, 3.8) is 0 Å². The first-order valence-corrected chi connectivity index (χ1v) is 6.06. The van der Waals surface area contributed by atoms with Crippen molar-refractivity contribution >= 4 is 6.09 Å². The number of carbonyl (C=O) groups excluding carboxylic acids is 1. The van der Waals surface area contributed by atoms with Crippen molar-refractivity contribution in [1.29, 1.82) is 0 Å². The lowest BCUT2D eigenvalue weighted by Crippen LogP contribution is -2.73. The van der Waals surface area contributed by atoms with Crippen LogP contribution in [0.25, 0.3) is 0 Å². The van der Waals surface area contributed by atoms with E-state index < -0.39 is 17.8 Å². The largest absolute Gasteiger partial charge is 0.444 e. The van der Waals surface area contributed by atoms with Crippen LogP contribution >= 0.6 is 0 Å². The van der Waals surface area contributed by atoms with Crippen molar-refractivity contribution in [3.8, 4) is 0 Å². The molecule has 0 atom stereocenters. The highest BCUT2D eigenvalue weighted by molar-refractivity contribution is 5.68. The second kappa shape index (κ2) is 3.87. The van der Waals surface area contributed by atoms with E-state index in [0.29, 0.717) is 0 Å². The van der Waals surface area contributed by atoms with Gasteiger partial charge in [0.1, 0.15) is 5.60 Å². The van der Waals surface area contributed by atoms with Crippen LogP contribution in [-0.2, 0) is 4.74 Å². The lowest BCUT2D eigenvalue weighted by molar-refractivity contribution is -0.181. The Kier molecular flexibility index (Phi) is 3.25. The van der Waals surface area contributed by atoms with Gasteiger partial charge in [0.2, 0.25) is 0 Å². The SMILES string of the molecule is CC(C)(C)OC(=O)N[C@H]1C(C)(C)[C@H](O)C1(C)C. The van der Waals surface area contributed by atoms with Gasteiger partial charge in [0.15, 0.2) is 0 Å². The van der Waals surface area contributed by atoms with Crippen LogP contribution in [0.2, 0.25) is 0 Å². The monoisotopic (exact) mass is 243 g/mol. The fraction of sp³-hybridized carbons (Fsp3) is 0.923. The number of nitrogens with one attached hydrogen (secondary N) is 1. The number of alkyl carbamates (subject to hydrolysis) is 1. The molecule has 0 aromatic rings. The Morgan fingerprint density at radius 2 is 1.59 bits per heavy atom. The van der Waals surface area contributed by atoms with E-state index >= 15 is 0 Å². The lowest BCUT2D eigenvalue weighted by Gasteiger charge is -2.61. The molecule has 0 unspecified atom stereocenters. The molecular weight excluding hydrogens is 218 g/mol. The molecule has 4 heteroatoms. The number of hydrogen-bond donors (Lipinski definition) is 2. The van der Waals surface area contributed by atoms with Gasteiger partial charge in [-0.15, -0.1) is 0 Å². The van der Waals surface area contributed by atoms with Crippen molar-refractivity contribution < 1.29 is 14.6 Å². The zero-order valence-corrected chi connectivity index (χ0v) is 11.9. The molecule has 17 heavy (non-hydrogen) atoms. The minimum atomic E-state index is -0.499. The Morgan fingerprint density at radius 3 is 1.94 bits per heavy atom. The summed E-state index contributed by atoms with van der Waals surface area (Å²) in [6, 6.07) is -0.0835. The molecule has 0 heterocycles. The third kappa shape index (κ3) is 2.57. The smallest absolute Gasteiger partial charge is 0.407 e. The maximum absolute atomic E-state index is 11.7. The molecule has 1 saturated carbocycles. The van der Waals surface area contributed by atoms with E-state index in [1.807, 2.05) is 48.5 Å². The number of ether oxygens (including phenoxy) is 1. The van der Waals surface area contributed by atoms with Crippen molar-refractivity contribution in [2.45, 2.75) is 66.2 Å². The van der Waals surface area contributed by atoms with E-state index in [-0.39, 0.29) is 16.9 Å². The van der Waals surface area contributed by atoms with Crippen LogP contribution in [0, 0.1) is 10.8 Å². The Bertz CT molecular complexity index is 299. The van der Waals surface area contributed by atoms with E-state index in [4.69, 9.17) is 4.74 Å². The van der Waals surface area contributed by atoms with Crippen molar-refractivity contribution in [3.05, 3.63) is 0 Å². The quantitative estimate of drug-likeness (QED) is 0.743. The second-order valence-electron chi connectivity index (χ2n) is 7.12. The first kappa shape index (κ1) is 14.3. The molecule has 1 fully saturated rings. The molecule has 1 aliphatic rings. The molecule has 0 radical (unpaired) electrons. The van der Waals surface area contributed by atoms with Gasteiger partial charge in [-0.05, 0) is 20.8 Å². The molecule has 0 aliphatic heterocycles. The highest BCUT2D eigenvalue weighted by Crippen LogP contribution is 2.53. The zero-order valence-electron chi connectivity index (χ0n) is 11.9. The topological polar surface area (TPSA) is 58.6 Å². The molecule has 1 aliphatic carbocycles. The zero-order chi connectivity index (χ0) is 13.6. The average molecular weight is 243 g/mol. The second-order valence-corrected chi connectivity index (χ2v) is 7.12. The van der Waals surface area contributed by atoms with Crippen molar-refractivity contribution in [2.75, 3.05) is 0 Å². The number of aliphatic hydroxyl groups excluding tert-OH is 1. The van der Waals surface area contributed by atoms with Crippen LogP contribution in [0.1, 0.15) is 48.5 Å². The summed E-state index contributed by atoms with van der Waals surface area (Å²) in [6.45, 7) is 13.3. The van der Waals surface area contributed by atoms with E-state index in [0.717, 1.165) is 0 Å². The molecular formula is C13H25NO3. The minimum Gasteiger partial charge on any atom is -0.444 e. The molecule has 0 bridgehead atoms. The predicted octanol–water partition coefficient (Wildman–Crippen LogP) is 2.31. The Morgan fingerprint density at radius 1 is 1.18 bits per heavy atom. The summed E-state index contributed by atoms with van der Waals surface area (Å²) in [5.41, 5.74) is -1.14. The van der Waals surface area contributed by atoms with E-state index in [2.05, 4.69) is 5.32 Å². The molecule has 100 valence electrons. The van der Waals surface area contributed by atoms with Gasteiger partial charge in [0, 0.05) is 16.9 Å². The van der Waals surface area contributed by atoms with Gasteiger partial charge in [0.25, 0.3) is 0 Å². The number of amides is 1. The van der Waals surface area contributed by atoms with Gasteiger partial charge in [-0.1, -0.05) is 27.7 Å². The molecule has 0 aromatic heterocycles. The molecule has 1 rings (SSSR count). The number of rotatable bonds is 1. The molecule has 1 amide bonds. The third-order valence-corrected chi connectivity index (χ3v) is 3.56. The molecule has 0 aromatic carbocycles. The molecule has 0 saturated heterocycles. The third-order valence-electron chi connectivity index (χ3n) is 3.56. The normalized spacial score (nSPS) is 30.4. The van der Waals surface area contributed by atoms with Gasteiger partial charge in [-0.3, -0.25) is 0 Å². The molecule has 0 spiro atoms. The summed E-state index contributed by atoms with van der Waals surface area (Å²) in [7, 11) is 0. The van der Waals surface area contributed by atoms with Crippen LogP contribution in [-0.4, -0.2) is 28.9 Å². The van der Waals surface area contributed by atoms with Crippen LogP contribution in [0.4, 0.5) is 4.79 Å². The fourth-order valence-electron chi connectivity index (χ4n) is 2.93. The van der Waals surface area contributed by atoms with Crippen LogP contribution in [0.5, 0.6) is 0 Å². The van der Waals surface area contributed by atoms with E-state index in [9.17, 15) is 9.90 Å². The number of aliphatic hydroxyl groups is 1. The standard InChI is InChI=1S/C13H25NO3/c1-11(2,3)17-10(16)14-8-12(4,5)9(15)13(8,6)7/h8-9,15H,1-7H3,(H,14,16)/t8-,9-. The van der Waals surface area contributed by atoms with Crippen LogP contribution in [0.15, 0.2) is 0 Å². The van der Waals surface area contributed by atoms with Gasteiger partial charge in [-0.2, -0.15) is 0 Å². The first-order chi connectivity index (χ1) is 7.39. The fourth-order valence-corrected chi connectivity index (χ4v) is 2.93. The number of hydrogen-bond acceptors (Lipinski definition) is 3.